The van der Waals surface area contributed by atoms with Crippen LogP contribution >= 0.6 is 45.2 Å². The van der Waals surface area contributed by atoms with Crippen molar-refractivity contribution >= 4 is 45.2 Å². The molecular formula is C18H12I2O2. The quantitative estimate of drug-likeness (QED) is 0.372. The molecule has 2 nitrogen and oxygen atoms in total. The molecule has 0 aromatic heterocycles. The van der Waals surface area contributed by atoms with Gasteiger partial charge in [0.1, 0.15) is 11.5 Å². The Kier molecular flexibility index (Phi) is 5.20. The number of hydrogen-bond acceptors (Lipinski definition) is 2. The molecule has 0 heterocycles. The summed E-state index contributed by atoms with van der Waals surface area (Å²) in [7, 11) is 0. The van der Waals surface area contributed by atoms with Crippen molar-refractivity contribution in [2.75, 3.05) is 0 Å². The molecule has 0 N–H and O–H groups in total. The third-order valence-corrected chi connectivity index (χ3v) is 4.37. The molecule has 0 aliphatic rings. The number of hydrogen-bond donors (Lipinski definition) is 0. The topological polar surface area (TPSA) is 18.5 Å². The minimum Gasteiger partial charge on any atom is -0.453 e. The minimum atomic E-state index is 0.697. The number of para-hydroxylation sites is 2. The highest BCUT2D eigenvalue weighted by molar-refractivity contribution is 14.1. The summed E-state index contributed by atoms with van der Waals surface area (Å²) in [5, 5.41) is 0. The average molecular weight is 514 g/mol. The highest BCUT2D eigenvalue weighted by Crippen LogP contribution is 2.34. The van der Waals surface area contributed by atoms with Crippen molar-refractivity contribution in [1.82, 2.24) is 0 Å². The van der Waals surface area contributed by atoms with Crippen LogP contribution in [-0.4, -0.2) is 0 Å². The number of ether oxygens (including phenoxy) is 2. The second kappa shape index (κ2) is 7.32. The first-order valence-corrected chi connectivity index (χ1v) is 8.82. The molecule has 110 valence electrons. The van der Waals surface area contributed by atoms with E-state index in [9.17, 15) is 0 Å². The van der Waals surface area contributed by atoms with Gasteiger partial charge in [0, 0.05) is 7.14 Å². The zero-order chi connectivity index (χ0) is 15.4. The average Bonchev–Trinajstić information content (AvgIpc) is 2.54. The lowest BCUT2D eigenvalue weighted by atomic mass is 10.3. The molecule has 4 heteroatoms. The van der Waals surface area contributed by atoms with Gasteiger partial charge in [-0.3, -0.25) is 0 Å². The van der Waals surface area contributed by atoms with Crippen LogP contribution < -0.4 is 9.47 Å². The van der Waals surface area contributed by atoms with E-state index in [1.807, 2.05) is 72.8 Å². The summed E-state index contributed by atoms with van der Waals surface area (Å²) < 4.78 is 14.2. The SMILES string of the molecule is Ic1ccc(Oc2ccccc2Oc2ccc(I)cc2)cc1. The van der Waals surface area contributed by atoms with E-state index in [1.165, 1.54) is 7.14 Å². The molecule has 3 aromatic rings. The third kappa shape index (κ3) is 4.13. The van der Waals surface area contributed by atoms with Crippen LogP contribution in [0.25, 0.3) is 0 Å². The maximum absolute atomic E-state index is 5.93. The van der Waals surface area contributed by atoms with Gasteiger partial charge in [-0.25, -0.2) is 0 Å². The summed E-state index contributed by atoms with van der Waals surface area (Å²) in [4.78, 5) is 0. The fourth-order valence-corrected chi connectivity index (χ4v) is 2.60. The molecule has 22 heavy (non-hydrogen) atoms. The molecule has 0 radical (unpaired) electrons. The summed E-state index contributed by atoms with van der Waals surface area (Å²) >= 11 is 4.54. The van der Waals surface area contributed by atoms with Gasteiger partial charge in [0.2, 0.25) is 0 Å². The maximum atomic E-state index is 5.93. The van der Waals surface area contributed by atoms with Crippen LogP contribution in [0.1, 0.15) is 0 Å². The molecular weight excluding hydrogens is 502 g/mol. The Bertz CT molecular complexity index is 686. The van der Waals surface area contributed by atoms with Gasteiger partial charge in [-0.1, -0.05) is 12.1 Å². The van der Waals surface area contributed by atoms with Crippen molar-refractivity contribution in [3.63, 3.8) is 0 Å². The standard InChI is InChI=1S/C18H12I2O2/c19-13-5-9-15(10-6-13)21-17-3-1-2-4-18(17)22-16-11-7-14(20)8-12-16/h1-12H. The Balaban J connectivity index is 1.83. The zero-order valence-corrected chi connectivity index (χ0v) is 15.8. The maximum Gasteiger partial charge on any atom is 0.169 e. The molecule has 3 rings (SSSR count). The smallest absolute Gasteiger partial charge is 0.169 e. The van der Waals surface area contributed by atoms with E-state index >= 15 is 0 Å². The first-order chi connectivity index (χ1) is 10.7. The van der Waals surface area contributed by atoms with E-state index in [4.69, 9.17) is 9.47 Å². The molecule has 0 saturated carbocycles. The summed E-state index contributed by atoms with van der Waals surface area (Å²) in [6.45, 7) is 0. The number of rotatable bonds is 4. The van der Waals surface area contributed by atoms with Gasteiger partial charge in [-0.15, -0.1) is 0 Å². The lowest BCUT2D eigenvalue weighted by molar-refractivity contribution is 0.418. The molecule has 0 fully saturated rings. The second-order valence-electron chi connectivity index (χ2n) is 4.56. The predicted molar refractivity (Wildman–Crippen MR) is 105 cm³/mol. The fourth-order valence-electron chi connectivity index (χ4n) is 1.88. The molecule has 3 aromatic carbocycles. The highest BCUT2D eigenvalue weighted by Gasteiger charge is 2.07. The van der Waals surface area contributed by atoms with Crippen LogP contribution in [0.3, 0.4) is 0 Å². The molecule has 0 bridgehead atoms. The van der Waals surface area contributed by atoms with E-state index < -0.39 is 0 Å². The monoisotopic (exact) mass is 514 g/mol. The van der Waals surface area contributed by atoms with Gasteiger partial charge in [-0.05, 0) is 106 Å². The van der Waals surface area contributed by atoms with Crippen LogP contribution in [0.5, 0.6) is 23.0 Å². The molecule has 0 aliphatic heterocycles. The van der Waals surface area contributed by atoms with Crippen LogP contribution in [0.2, 0.25) is 0 Å². The predicted octanol–water partition coefficient (Wildman–Crippen LogP) is 6.48. The summed E-state index contributed by atoms with van der Waals surface area (Å²) in [6.07, 6.45) is 0. The Morgan fingerprint density at radius 3 is 1.23 bits per heavy atom. The van der Waals surface area contributed by atoms with Crippen molar-refractivity contribution in [2.45, 2.75) is 0 Å². The summed E-state index contributed by atoms with van der Waals surface area (Å²) in [6, 6.07) is 23.5. The van der Waals surface area contributed by atoms with Crippen molar-refractivity contribution < 1.29 is 9.47 Å². The van der Waals surface area contributed by atoms with E-state index in [0.29, 0.717) is 11.5 Å². The van der Waals surface area contributed by atoms with Gasteiger partial charge in [0.25, 0.3) is 0 Å². The summed E-state index contributed by atoms with van der Waals surface area (Å²) in [5.74, 6) is 2.97. The van der Waals surface area contributed by atoms with Gasteiger partial charge < -0.3 is 9.47 Å². The third-order valence-electron chi connectivity index (χ3n) is 2.93. The van der Waals surface area contributed by atoms with E-state index in [1.54, 1.807) is 0 Å². The van der Waals surface area contributed by atoms with E-state index in [0.717, 1.165) is 11.5 Å². The Morgan fingerprint density at radius 2 is 0.864 bits per heavy atom. The molecule has 0 unspecified atom stereocenters. The van der Waals surface area contributed by atoms with Crippen LogP contribution in [0.4, 0.5) is 0 Å². The van der Waals surface area contributed by atoms with Crippen molar-refractivity contribution in [1.29, 1.82) is 0 Å². The number of halogens is 2. The Morgan fingerprint density at radius 1 is 0.500 bits per heavy atom. The molecule has 0 aliphatic carbocycles. The molecule has 0 amide bonds. The van der Waals surface area contributed by atoms with Crippen molar-refractivity contribution in [2.24, 2.45) is 0 Å². The first kappa shape index (κ1) is 15.6. The van der Waals surface area contributed by atoms with Gasteiger partial charge >= 0.3 is 0 Å². The van der Waals surface area contributed by atoms with Crippen LogP contribution in [0, 0.1) is 7.14 Å². The first-order valence-electron chi connectivity index (χ1n) is 6.66. The Hall–Kier alpha value is -1.28. The van der Waals surface area contributed by atoms with Gasteiger partial charge in [0.15, 0.2) is 11.5 Å². The van der Waals surface area contributed by atoms with Crippen LogP contribution in [0.15, 0.2) is 72.8 Å². The molecule has 0 atom stereocenters. The van der Waals surface area contributed by atoms with Gasteiger partial charge in [0.05, 0.1) is 0 Å². The largest absolute Gasteiger partial charge is 0.453 e. The lowest BCUT2D eigenvalue weighted by Gasteiger charge is -2.12. The molecule has 0 saturated heterocycles. The molecule has 0 spiro atoms. The zero-order valence-electron chi connectivity index (χ0n) is 11.5. The fraction of sp³-hybridized carbons (Fsp3) is 0. The highest BCUT2D eigenvalue weighted by atomic mass is 127. The van der Waals surface area contributed by atoms with Gasteiger partial charge in [-0.2, -0.15) is 0 Å². The minimum absolute atomic E-state index is 0.697. The lowest BCUT2D eigenvalue weighted by Crippen LogP contribution is -1.90. The summed E-state index contributed by atoms with van der Waals surface area (Å²) in [5.41, 5.74) is 0. The Labute approximate surface area is 156 Å². The number of benzene rings is 3. The van der Waals surface area contributed by atoms with Crippen molar-refractivity contribution in [3.8, 4) is 23.0 Å². The van der Waals surface area contributed by atoms with Crippen molar-refractivity contribution in [3.05, 3.63) is 79.9 Å². The van der Waals surface area contributed by atoms with E-state index in [2.05, 4.69) is 45.2 Å². The van der Waals surface area contributed by atoms with E-state index in [-0.39, 0.29) is 0 Å². The normalized spacial score (nSPS) is 10.3. The van der Waals surface area contributed by atoms with Crippen LogP contribution in [-0.2, 0) is 0 Å². The second-order valence-corrected chi connectivity index (χ2v) is 7.05.